The lowest BCUT2D eigenvalue weighted by Crippen LogP contribution is -2.50. The standard InChI is InChI=1S/C24H32FN3O3/c1-16-14-19(16)23(30)26-21-8-7-18(25)15-20(21)24(31)28-12-10-27(11-13-28)22(29)9-6-17-4-2-3-5-17/h7-8,15-17,19H,2-6,9-14H2,1H3,(H,26,30). The fraction of sp³-hybridized carbons (Fsp3) is 0.625. The number of halogens is 1. The molecule has 4 rings (SSSR count). The number of benzene rings is 1. The number of piperazine rings is 1. The number of hydrogen-bond donors (Lipinski definition) is 1. The lowest BCUT2D eigenvalue weighted by Gasteiger charge is -2.35. The van der Waals surface area contributed by atoms with Crippen LogP contribution in [-0.4, -0.2) is 53.7 Å². The van der Waals surface area contributed by atoms with Gasteiger partial charge in [0.15, 0.2) is 0 Å². The van der Waals surface area contributed by atoms with Gasteiger partial charge in [-0.15, -0.1) is 0 Å². The molecule has 0 spiro atoms. The van der Waals surface area contributed by atoms with E-state index in [-0.39, 0.29) is 29.2 Å². The van der Waals surface area contributed by atoms with Crippen molar-refractivity contribution in [2.24, 2.45) is 17.8 Å². The molecule has 1 aromatic rings. The normalized spacial score (nSPS) is 23.7. The minimum Gasteiger partial charge on any atom is -0.339 e. The first-order chi connectivity index (χ1) is 14.9. The summed E-state index contributed by atoms with van der Waals surface area (Å²) in [5.74, 6) is 0.221. The van der Waals surface area contributed by atoms with Crippen LogP contribution in [0.4, 0.5) is 10.1 Å². The Hall–Kier alpha value is -2.44. The summed E-state index contributed by atoms with van der Waals surface area (Å²) in [5.41, 5.74) is 0.522. The minimum absolute atomic E-state index is 0.0354. The first-order valence-corrected chi connectivity index (χ1v) is 11.6. The van der Waals surface area contributed by atoms with Crippen LogP contribution in [0.5, 0.6) is 0 Å². The highest BCUT2D eigenvalue weighted by atomic mass is 19.1. The molecule has 2 aliphatic carbocycles. The molecule has 31 heavy (non-hydrogen) atoms. The number of nitrogens with one attached hydrogen (secondary N) is 1. The van der Waals surface area contributed by atoms with Gasteiger partial charge in [0.05, 0.1) is 11.3 Å². The van der Waals surface area contributed by atoms with Crippen LogP contribution in [0.25, 0.3) is 0 Å². The quantitative estimate of drug-likeness (QED) is 0.750. The molecule has 3 aliphatic rings. The van der Waals surface area contributed by atoms with Gasteiger partial charge in [0.25, 0.3) is 5.91 Å². The van der Waals surface area contributed by atoms with Crippen molar-refractivity contribution >= 4 is 23.4 Å². The van der Waals surface area contributed by atoms with Crippen LogP contribution in [0.2, 0.25) is 0 Å². The summed E-state index contributed by atoms with van der Waals surface area (Å²) >= 11 is 0. The fourth-order valence-electron chi connectivity index (χ4n) is 4.83. The highest BCUT2D eigenvalue weighted by Crippen LogP contribution is 2.38. The van der Waals surface area contributed by atoms with Crippen LogP contribution in [0.3, 0.4) is 0 Å². The Morgan fingerprint density at radius 2 is 1.71 bits per heavy atom. The summed E-state index contributed by atoms with van der Waals surface area (Å²) in [6.07, 6.45) is 7.42. The van der Waals surface area contributed by atoms with E-state index in [1.165, 1.54) is 43.9 Å². The van der Waals surface area contributed by atoms with Gasteiger partial charge in [-0.1, -0.05) is 32.6 Å². The van der Waals surface area contributed by atoms with E-state index in [0.29, 0.717) is 50.1 Å². The van der Waals surface area contributed by atoms with Crippen molar-refractivity contribution in [3.05, 3.63) is 29.6 Å². The number of carbonyl (C=O) groups excluding carboxylic acids is 3. The maximum Gasteiger partial charge on any atom is 0.256 e. The van der Waals surface area contributed by atoms with E-state index >= 15 is 0 Å². The molecule has 168 valence electrons. The van der Waals surface area contributed by atoms with E-state index in [4.69, 9.17) is 0 Å². The summed E-state index contributed by atoms with van der Waals surface area (Å²) < 4.78 is 13.9. The average Bonchev–Trinajstić information content (AvgIpc) is 3.28. The number of hydrogen-bond acceptors (Lipinski definition) is 3. The van der Waals surface area contributed by atoms with Crippen LogP contribution >= 0.6 is 0 Å². The van der Waals surface area contributed by atoms with E-state index < -0.39 is 5.82 Å². The lowest BCUT2D eigenvalue weighted by molar-refractivity contribution is -0.133. The molecule has 1 aliphatic heterocycles. The van der Waals surface area contributed by atoms with Crippen LogP contribution in [0.1, 0.15) is 62.2 Å². The van der Waals surface area contributed by atoms with E-state index in [2.05, 4.69) is 5.32 Å². The maximum absolute atomic E-state index is 13.9. The molecule has 2 saturated carbocycles. The third-order valence-corrected chi connectivity index (χ3v) is 7.08. The molecule has 6 nitrogen and oxygen atoms in total. The fourth-order valence-corrected chi connectivity index (χ4v) is 4.83. The number of nitrogens with zero attached hydrogens (tertiary/aromatic N) is 2. The summed E-state index contributed by atoms with van der Waals surface area (Å²) in [6, 6.07) is 3.90. The van der Waals surface area contributed by atoms with Crippen molar-refractivity contribution in [2.75, 3.05) is 31.5 Å². The maximum atomic E-state index is 13.9. The average molecular weight is 430 g/mol. The van der Waals surface area contributed by atoms with Crippen molar-refractivity contribution in [1.82, 2.24) is 9.80 Å². The zero-order chi connectivity index (χ0) is 22.0. The third-order valence-electron chi connectivity index (χ3n) is 7.08. The number of anilines is 1. The zero-order valence-electron chi connectivity index (χ0n) is 18.2. The first kappa shape index (κ1) is 21.8. The Morgan fingerprint density at radius 1 is 1.06 bits per heavy atom. The van der Waals surface area contributed by atoms with E-state index in [0.717, 1.165) is 12.8 Å². The molecule has 0 bridgehead atoms. The van der Waals surface area contributed by atoms with E-state index in [9.17, 15) is 18.8 Å². The second-order valence-electron chi connectivity index (χ2n) is 9.36. The zero-order valence-corrected chi connectivity index (χ0v) is 18.2. The minimum atomic E-state index is -0.512. The number of rotatable bonds is 6. The number of amides is 3. The van der Waals surface area contributed by atoms with Gasteiger partial charge in [-0.3, -0.25) is 14.4 Å². The van der Waals surface area contributed by atoms with Crippen molar-refractivity contribution in [3.63, 3.8) is 0 Å². The third kappa shape index (κ3) is 5.25. The Morgan fingerprint density at radius 3 is 2.35 bits per heavy atom. The highest BCUT2D eigenvalue weighted by molar-refractivity contribution is 6.04. The summed E-state index contributed by atoms with van der Waals surface area (Å²) in [7, 11) is 0. The first-order valence-electron chi connectivity index (χ1n) is 11.6. The SMILES string of the molecule is CC1CC1C(=O)Nc1ccc(F)cc1C(=O)N1CCN(C(=O)CCC2CCCC2)CC1. The van der Waals surface area contributed by atoms with Gasteiger partial charge >= 0.3 is 0 Å². The molecule has 1 heterocycles. The summed E-state index contributed by atoms with van der Waals surface area (Å²) in [6.45, 7) is 3.82. The van der Waals surface area contributed by atoms with Crippen LogP contribution in [0.15, 0.2) is 18.2 Å². The second-order valence-corrected chi connectivity index (χ2v) is 9.36. The molecule has 7 heteroatoms. The summed E-state index contributed by atoms with van der Waals surface area (Å²) in [4.78, 5) is 41.4. The molecule has 2 atom stereocenters. The Balaban J connectivity index is 1.33. The van der Waals surface area contributed by atoms with Gasteiger partial charge in [0.2, 0.25) is 11.8 Å². The van der Waals surface area contributed by atoms with Gasteiger partial charge < -0.3 is 15.1 Å². The highest BCUT2D eigenvalue weighted by Gasteiger charge is 2.39. The molecule has 0 aromatic heterocycles. The molecule has 1 N–H and O–H groups in total. The van der Waals surface area contributed by atoms with E-state index in [1.54, 1.807) is 4.90 Å². The summed E-state index contributed by atoms with van der Waals surface area (Å²) in [5, 5.41) is 2.80. The molecular formula is C24H32FN3O3. The monoisotopic (exact) mass is 429 g/mol. The topological polar surface area (TPSA) is 69.7 Å². The number of carbonyl (C=O) groups is 3. The molecule has 1 aromatic carbocycles. The molecule has 0 radical (unpaired) electrons. The van der Waals surface area contributed by atoms with Crippen LogP contribution in [0, 0.1) is 23.6 Å². The smallest absolute Gasteiger partial charge is 0.256 e. The molecule has 3 fully saturated rings. The van der Waals surface area contributed by atoms with Crippen molar-refractivity contribution in [1.29, 1.82) is 0 Å². The van der Waals surface area contributed by atoms with Gasteiger partial charge in [-0.05, 0) is 42.9 Å². The van der Waals surface area contributed by atoms with Crippen LogP contribution in [-0.2, 0) is 9.59 Å². The molecule has 3 amide bonds. The Bertz CT molecular complexity index is 844. The molecular weight excluding hydrogens is 397 g/mol. The second kappa shape index (κ2) is 9.37. The predicted molar refractivity (Wildman–Crippen MR) is 116 cm³/mol. The van der Waals surface area contributed by atoms with Gasteiger partial charge in [-0.25, -0.2) is 4.39 Å². The molecule has 2 unspecified atom stereocenters. The Labute approximate surface area is 183 Å². The van der Waals surface area contributed by atoms with Gasteiger partial charge in [0, 0.05) is 38.5 Å². The van der Waals surface area contributed by atoms with Crippen molar-refractivity contribution < 1.29 is 18.8 Å². The van der Waals surface area contributed by atoms with Gasteiger partial charge in [0.1, 0.15) is 5.82 Å². The molecule has 1 saturated heterocycles. The predicted octanol–water partition coefficient (Wildman–Crippen LogP) is 3.68. The van der Waals surface area contributed by atoms with E-state index in [1.807, 2.05) is 11.8 Å². The van der Waals surface area contributed by atoms with Crippen molar-refractivity contribution in [2.45, 2.75) is 51.9 Å². The Kier molecular flexibility index (Phi) is 6.58. The lowest BCUT2D eigenvalue weighted by atomic mass is 10.0. The largest absolute Gasteiger partial charge is 0.339 e. The van der Waals surface area contributed by atoms with Gasteiger partial charge in [-0.2, -0.15) is 0 Å². The van der Waals surface area contributed by atoms with Crippen molar-refractivity contribution in [3.8, 4) is 0 Å². The van der Waals surface area contributed by atoms with Crippen LogP contribution < -0.4 is 5.32 Å².